The molecule has 5 nitrogen and oxygen atoms in total. The van der Waals surface area contributed by atoms with E-state index in [1.807, 2.05) is 0 Å². The van der Waals surface area contributed by atoms with Crippen LogP contribution in [0.5, 0.6) is 0 Å². The van der Waals surface area contributed by atoms with Crippen molar-refractivity contribution in [1.82, 2.24) is 9.78 Å². The number of carbonyl (C=O) groups is 1. The van der Waals surface area contributed by atoms with E-state index in [0.717, 1.165) is 12.1 Å². The van der Waals surface area contributed by atoms with Crippen LogP contribution >= 0.6 is 11.6 Å². The van der Waals surface area contributed by atoms with Crippen molar-refractivity contribution in [2.75, 3.05) is 0 Å². The van der Waals surface area contributed by atoms with Gasteiger partial charge in [-0.05, 0) is 19.1 Å². The van der Waals surface area contributed by atoms with E-state index in [0.29, 0.717) is 22.2 Å². The van der Waals surface area contributed by atoms with Gasteiger partial charge in [0, 0.05) is 22.4 Å². The Hall–Kier alpha value is -2.72. The molecule has 1 aliphatic rings. The summed E-state index contributed by atoms with van der Waals surface area (Å²) in [5.74, 6) is -6.58. The molecule has 3 rings (SSSR count). The number of nitriles is 1. The number of nitrogens with zero attached hydrogens (tertiary/aromatic N) is 3. The molecule has 0 bridgehead atoms. The minimum atomic E-state index is -4.00. The van der Waals surface area contributed by atoms with Crippen LogP contribution in [0, 0.1) is 24.2 Å². The average molecular weight is 378 g/mol. The van der Waals surface area contributed by atoms with Crippen LogP contribution in [0.2, 0.25) is 0 Å². The van der Waals surface area contributed by atoms with Crippen LogP contribution in [0.3, 0.4) is 0 Å². The molecule has 8 heteroatoms. The van der Waals surface area contributed by atoms with Crippen LogP contribution in [0.15, 0.2) is 42.0 Å². The Labute approximate surface area is 152 Å². The van der Waals surface area contributed by atoms with E-state index in [2.05, 4.69) is 11.2 Å². The first kappa shape index (κ1) is 18.1. The second kappa shape index (κ2) is 6.54. The third kappa shape index (κ3) is 2.97. The van der Waals surface area contributed by atoms with Gasteiger partial charge in [0.2, 0.25) is 0 Å². The second-order valence-electron chi connectivity index (χ2n) is 6.05. The van der Waals surface area contributed by atoms with Crippen molar-refractivity contribution in [3.63, 3.8) is 0 Å². The van der Waals surface area contributed by atoms with Gasteiger partial charge in [-0.15, -0.1) is 11.6 Å². The summed E-state index contributed by atoms with van der Waals surface area (Å²) in [5.41, 5.74) is 0.836. The summed E-state index contributed by atoms with van der Waals surface area (Å²) in [6, 6.07) is 5.74. The van der Waals surface area contributed by atoms with Crippen molar-refractivity contribution in [3.05, 3.63) is 53.3 Å². The van der Waals surface area contributed by atoms with Crippen molar-refractivity contribution in [3.8, 4) is 6.07 Å². The number of aliphatic carboxylic acids is 1. The predicted octanol–water partition coefficient (Wildman–Crippen LogP) is 3.76. The number of rotatable bonds is 4. The zero-order valence-electron chi connectivity index (χ0n) is 13.7. The fraction of sp³-hybridized carbons (Fsp3) is 0.278. The molecule has 0 amide bonds. The summed E-state index contributed by atoms with van der Waals surface area (Å²) in [6.07, 6.45) is 5.10. The zero-order chi connectivity index (χ0) is 19.1. The topological polar surface area (TPSA) is 78.9 Å². The number of alkyl halides is 3. The Morgan fingerprint density at radius 1 is 1.50 bits per heavy atom. The number of aryl methyl sites for hydroxylation is 1. The number of allylic oxidation sites excluding steroid dienone is 4. The van der Waals surface area contributed by atoms with Gasteiger partial charge in [-0.2, -0.15) is 19.1 Å². The van der Waals surface area contributed by atoms with Crippen molar-refractivity contribution in [2.45, 2.75) is 24.8 Å². The molecule has 0 radical (unpaired) electrons. The monoisotopic (exact) mass is 377 g/mol. The standard InChI is InChI=1S/C18H14ClF2N3O2/c1-10-13-6-5-12(18(20,21)17(25)26)7-16(13)24(23-10)9-14-11(8-22)3-2-4-15(14)19/h2-7,14-15H,9H2,1H3,(H,25,26). The number of carboxylic acid groups (broad SMARTS) is 1. The van der Waals surface area contributed by atoms with Gasteiger partial charge in [-0.3, -0.25) is 4.68 Å². The maximum absolute atomic E-state index is 13.9. The maximum atomic E-state index is 13.9. The SMILES string of the molecule is Cc1nn(CC2C(C#N)=CC=CC2Cl)c2cc(C(F)(F)C(=O)O)ccc12. The molecule has 0 spiro atoms. The maximum Gasteiger partial charge on any atom is 0.379 e. The third-order valence-electron chi connectivity index (χ3n) is 4.42. The number of halogens is 3. The van der Waals surface area contributed by atoms with Crippen molar-refractivity contribution in [1.29, 1.82) is 5.26 Å². The van der Waals surface area contributed by atoms with Crippen molar-refractivity contribution in [2.24, 2.45) is 5.92 Å². The fourth-order valence-electron chi connectivity index (χ4n) is 3.00. The minimum Gasteiger partial charge on any atom is -0.477 e. The van der Waals surface area contributed by atoms with Crippen molar-refractivity contribution >= 4 is 28.5 Å². The quantitative estimate of drug-likeness (QED) is 0.823. The van der Waals surface area contributed by atoms with Crippen LogP contribution in [0.4, 0.5) is 8.78 Å². The summed E-state index contributed by atoms with van der Waals surface area (Å²) >= 11 is 6.29. The molecule has 2 unspecified atom stereocenters. The molecule has 1 N–H and O–H groups in total. The van der Waals surface area contributed by atoms with E-state index >= 15 is 0 Å². The van der Waals surface area contributed by atoms with Crippen LogP contribution in [-0.2, 0) is 17.3 Å². The summed E-state index contributed by atoms with van der Waals surface area (Å²) in [4.78, 5) is 10.8. The summed E-state index contributed by atoms with van der Waals surface area (Å²) in [7, 11) is 0. The van der Waals surface area contributed by atoms with Crippen LogP contribution in [-0.4, -0.2) is 26.2 Å². The number of aromatic nitrogens is 2. The van der Waals surface area contributed by atoms with Gasteiger partial charge < -0.3 is 5.11 Å². The lowest BCUT2D eigenvalue weighted by atomic mass is 9.92. The Morgan fingerprint density at radius 3 is 2.88 bits per heavy atom. The van der Waals surface area contributed by atoms with Crippen LogP contribution < -0.4 is 0 Å². The van der Waals surface area contributed by atoms with Gasteiger partial charge in [-0.1, -0.05) is 24.3 Å². The number of fused-ring (bicyclic) bond motifs is 1. The van der Waals surface area contributed by atoms with Crippen LogP contribution in [0.25, 0.3) is 10.9 Å². The summed E-state index contributed by atoms with van der Waals surface area (Å²) in [5, 5.41) is 22.6. The minimum absolute atomic E-state index is 0.213. The largest absolute Gasteiger partial charge is 0.477 e. The van der Waals surface area contributed by atoms with Gasteiger partial charge in [0.25, 0.3) is 0 Å². The Balaban J connectivity index is 2.07. The zero-order valence-corrected chi connectivity index (χ0v) is 14.4. The van der Waals surface area contributed by atoms with Gasteiger partial charge in [0.05, 0.1) is 29.2 Å². The van der Waals surface area contributed by atoms with E-state index in [4.69, 9.17) is 16.7 Å². The lowest BCUT2D eigenvalue weighted by Gasteiger charge is -2.22. The summed E-state index contributed by atoms with van der Waals surface area (Å²) < 4.78 is 29.2. The highest BCUT2D eigenvalue weighted by molar-refractivity contribution is 6.22. The van der Waals surface area contributed by atoms with Gasteiger partial charge >= 0.3 is 11.9 Å². The highest BCUT2D eigenvalue weighted by Crippen LogP contribution is 2.33. The van der Waals surface area contributed by atoms with E-state index in [1.54, 1.807) is 25.2 Å². The molecule has 134 valence electrons. The van der Waals surface area contributed by atoms with E-state index < -0.39 is 22.8 Å². The first-order chi connectivity index (χ1) is 12.3. The Morgan fingerprint density at radius 2 is 2.23 bits per heavy atom. The molecule has 0 fully saturated rings. The number of hydrogen-bond acceptors (Lipinski definition) is 3. The molecule has 0 aliphatic heterocycles. The Kier molecular flexibility index (Phi) is 4.55. The number of carboxylic acids is 1. The predicted molar refractivity (Wildman–Crippen MR) is 92.0 cm³/mol. The Bertz CT molecular complexity index is 988. The third-order valence-corrected chi connectivity index (χ3v) is 4.87. The molecule has 0 saturated heterocycles. The normalized spacial score (nSPS) is 20.0. The highest BCUT2D eigenvalue weighted by atomic mass is 35.5. The van der Waals surface area contributed by atoms with E-state index in [9.17, 15) is 18.8 Å². The molecular weight excluding hydrogens is 364 g/mol. The number of hydrogen-bond donors (Lipinski definition) is 1. The van der Waals surface area contributed by atoms with E-state index in [-0.39, 0.29) is 12.5 Å². The highest BCUT2D eigenvalue weighted by Gasteiger charge is 2.41. The second-order valence-corrected chi connectivity index (χ2v) is 6.55. The average Bonchev–Trinajstić information content (AvgIpc) is 2.92. The molecule has 1 aliphatic carbocycles. The number of benzene rings is 1. The molecule has 1 aromatic heterocycles. The lowest BCUT2D eigenvalue weighted by molar-refractivity contribution is -0.166. The smallest absolute Gasteiger partial charge is 0.379 e. The molecule has 1 heterocycles. The molecular formula is C18H14ClF2N3O2. The van der Waals surface area contributed by atoms with Gasteiger partial charge in [0.1, 0.15) is 0 Å². The van der Waals surface area contributed by atoms with Gasteiger partial charge in [-0.25, -0.2) is 4.79 Å². The fourth-order valence-corrected chi connectivity index (χ4v) is 3.30. The van der Waals surface area contributed by atoms with Crippen LogP contribution in [0.1, 0.15) is 11.3 Å². The molecule has 2 aromatic rings. The summed E-state index contributed by atoms with van der Waals surface area (Å²) in [6.45, 7) is 1.94. The first-order valence-electron chi connectivity index (χ1n) is 7.77. The molecule has 1 aromatic carbocycles. The van der Waals surface area contributed by atoms with Crippen molar-refractivity contribution < 1.29 is 18.7 Å². The molecule has 26 heavy (non-hydrogen) atoms. The lowest BCUT2D eigenvalue weighted by Crippen LogP contribution is -2.25. The molecule has 0 saturated carbocycles. The van der Waals surface area contributed by atoms with E-state index in [1.165, 1.54) is 10.7 Å². The first-order valence-corrected chi connectivity index (χ1v) is 8.20. The van der Waals surface area contributed by atoms with Gasteiger partial charge in [0.15, 0.2) is 0 Å². The molecule has 2 atom stereocenters.